The summed E-state index contributed by atoms with van der Waals surface area (Å²) >= 11 is 10.2. The summed E-state index contributed by atoms with van der Waals surface area (Å²) < 4.78 is 0.571. The van der Waals surface area contributed by atoms with Gasteiger partial charge in [-0.1, -0.05) is 22.9 Å². The topological polar surface area (TPSA) is 154 Å². The predicted octanol–water partition coefficient (Wildman–Crippen LogP) is 8.21. The van der Waals surface area contributed by atoms with Gasteiger partial charge < -0.3 is 16.8 Å². The lowest BCUT2D eigenvalue weighted by Gasteiger charge is -2.01. The highest BCUT2D eigenvalue weighted by Crippen LogP contribution is 2.30. The molecule has 0 unspecified atom stereocenters. The van der Waals surface area contributed by atoms with Crippen molar-refractivity contribution in [2.24, 2.45) is 0 Å². The molecular formula is C31H29ClN10S3. The predicted molar refractivity (Wildman–Crippen MR) is 188 cm³/mol. The first-order chi connectivity index (χ1) is 21.9. The van der Waals surface area contributed by atoms with Crippen molar-refractivity contribution >= 4 is 67.5 Å². The molecule has 0 aliphatic carbocycles. The zero-order chi connectivity index (χ0) is 31.9. The Balaban J connectivity index is 0.000000151. The normalized spacial score (nSPS) is 9.84. The molecule has 0 saturated heterocycles. The zero-order valence-corrected chi connectivity index (χ0v) is 27.5. The van der Waals surface area contributed by atoms with Crippen molar-refractivity contribution in [3.8, 4) is 20.9 Å². The third-order valence-electron chi connectivity index (χ3n) is 5.45. The molecule has 228 valence electrons. The molecular weight excluding hydrogens is 644 g/mol. The second kappa shape index (κ2) is 17.5. The Morgan fingerprint density at radius 1 is 0.644 bits per heavy atom. The lowest BCUT2D eigenvalue weighted by Crippen LogP contribution is -1.92. The van der Waals surface area contributed by atoms with E-state index in [1.807, 2.05) is 74.0 Å². The van der Waals surface area contributed by atoms with Crippen LogP contribution in [0.3, 0.4) is 0 Å². The Labute approximate surface area is 278 Å². The summed E-state index contributed by atoms with van der Waals surface area (Å²) in [7, 11) is 0. The van der Waals surface area contributed by atoms with Gasteiger partial charge in [-0.05, 0) is 84.6 Å². The van der Waals surface area contributed by atoms with Gasteiger partial charge in [0.1, 0.15) is 11.6 Å². The Morgan fingerprint density at radius 3 is 1.71 bits per heavy atom. The van der Waals surface area contributed by atoms with E-state index >= 15 is 0 Å². The van der Waals surface area contributed by atoms with Gasteiger partial charge >= 0.3 is 0 Å². The molecule has 7 heterocycles. The van der Waals surface area contributed by atoms with Crippen molar-refractivity contribution in [3.05, 3.63) is 125 Å². The molecule has 0 radical (unpaired) electrons. The number of thiazole rings is 3. The summed E-state index contributed by atoms with van der Waals surface area (Å²) in [6.07, 6.45) is 15.9. The molecule has 0 fully saturated rings. The van der Waals surface area contributed by atoms with Gasteiger partial charge in [0, 0.05) is 61.2 Å². The lowest BCUT2D eigenvalue weighted by molar-refractivity contribution is 1.26. The van der Waals surface area contributed by atoms with Crippen LogP contribution in [0.25, 0.3) is 20.9 Å². The highest BCUT2D eigenvalue weighted by molar-refractivity contribution is 7.19. The maximum absolute atomic E-state index is 5.70. The van der Waals surface area contributed by atoms with Gasteiger partial charge in [-0.2, -0.15) is 0 Å². The number of rotatable bonds is 4. The van der Waals surface area contributed by atoms with Crippen molar-refractivity contribution in [1.29, 1.82) is 0 Å². The zero-order valence-electron chi connectivity index (χ0n) is 24.3. The van der Waals surface area contributed by atoms with Crippen molar-refractivity contribution in [3.63, 3.8) is 0 Å². The number of aryl methyl sites for hydroxylation is 2. The summed E-state index contributed by atoms with van der Waals surface area (Å²) in [5.74, 6) is 1.40. The second-order valence-electron chi connectivity index (χ2n) is 8.95. The van der Waals surface area contributed by atoms with Crippen molar-refractivity contribution in [1.82, 2.24) is 34.9 Å². The smallest absolute Gasteiger partial charge is 0.188 e. The van der Waals surface area contributed by atoms with E-state index in [-0.39, 0.29) is 0 Å². The van der Waals surface area contributed by atoms with Crippen LogP contribution in [0.4, 0.5) is 21.9 Å². The number of hydrogen-bond acceptors (Lipinski definition) is 13. The van der Waals surface area contributed by atoms with Crippen LogP contribution in [-0.2, 0) is 0 Å². The number of nitrogens with one attached hydrogen (secondary N) is 1. The van der Waals surface area contributed by atoms with Gasteiger partial charge in [-0.15, -0.1) is 22.7 Å². The number of anilines is 4. The van der Waals surface area contributed by atoms with E-state index in [0.717, 1.165) is 37.4 Å². The average Bonchev–Trinajstić information content (AvgIpc) is 3.82. The molecule has 10 nitrogen and oxygen atoms in total. The molecule has 0 saturated carbocycles. The fourth-order valence-electron chi connectivity index (χ4n) is 3.39. The standard InChI is InChI=1S/C14H12N4S.C8H5ClN2S.C6H8N2.C3H4N2S/c1-10-2-7-16-13(8-10)18-14-17-9-12(19-14)11-3-5-15-6-4-11;9-8-11-5-7(12-8)6-1-3-10-4-2-6;1-5-2-3-8-6(7)4-5;4-3-5-1-2-6-3/h2-9H,1H3,(H,16,17,18);1-5H;2-4H,1H3,(H2,7,8);1-2H,(H2,4,5). The summed E-state index contributed by atoms with van der Waals surface area (Å²) in [6.45, 7) is 4.02. The van der Waals surface area contributed by atoms with Crippen LogP contribution in [0.5, 0.6) is 0 Å². The molecule has 0 spiro atoms. The summed E-state index contributed by atoms with van der Waals surface area (Å²) in [6, 6.07) is 15.5. The largest absolute Gasteiger partial charge is 0.384 e. The molecule has 7 rings (SSSR count). The minimum Gasteiger partial charge on any atom is -0.384 e. The van der Waals surface area contributed by atoms with Crippen LogP contribution in [-0.4, -0.2) is 34.9 Å². The molecule has 45 heavy (non-hydrogen) atoms. The third-order valence-corrected chi connectivity index (χ3v) is 8.18. The fourth-order valence-corrected chi connectivity index (χ4v) is 5.55. The number of halogens is 1. The number of hydrogen-bond donors (Lipinski definition) is 3. The third kappa shape index (κ3) is 11.7. The molecule has 5 N–H and O–H groups in total. The van der Waals surface area contributed by atoms with Crippen LogP contribution < -0.4 is 16.8 Å². The maximum Gasteiger partial charge on any atom is 0.188 e. The van der Waals surface area contributed by atoms with Gasteiger partial charge in [-0.3, -0.25) is 9.97 Å². The van der Waals surface area contributed by atoms with Gasteiger partial charge in [0.25, 0.3) is 0 Å². The molecule has 14 heteroatoms. The Morgan fingerprint density at radius 2 is 1.24 bits per heavy atom. The van der Waals surface area contributed by atoms with Crippen LogP contribution in [0.1, 0.15) is 11.1 Å². The Hall–Kier alpha value is -4.82. The fraction of sp³-hybridized carbons (Fsp3) is 0.0645. The average molecular weight is 673 g/mol. The van der Waals surface area contributed by atoms with Crippen molar-refractivity contribution in [2.45, 2.75) is 13.8 Å². The van der Waals surface area contributed by atoms with Gasteiger partial charge in [-0.25, -0.2) is 24.9 Å². The van der Waals surface area contributed by atoms with E-state index < -0.39 is 0 Å². The van der Waals surface area contributed by atoms with Gasteiger partial charge in [0.15, 0.2) is 14.7 Å². The van der Waals surface area contributed by atoms with E-state index in [1.54, 1.807) is 60.9 Å². The first-order valence-electron chi connectivity index (χ1n) is 13.3. The molecule has 0 aromatic carbocycles. The van der Waals surface area contributed by atoms with E-state index in [0.29, 0.717) is 15.4 Å². The Bertz CT molecular complexity index is 1830. The minimum absolute atomic E-state index is 0.571. The highest BCUT2D eigenvalue weighted by atomic mass is 35.5. The van der Waals surface area contributed by atoms with Crippen LogP contribution in [0.15, 0.2) is 110 Å². The van der Waals surface area contributed by atoms with Gasteiger partial charge in [0.2, 0.25) is 0 Å². The molecule has 0 bridgehead atoms. The van der Waals surface area contributed by atoms with Crippen LogP contribution >= 0.6 is 45.6 Å². The van der Waals surface area contributed by atoms with Gasteiger partial charge in [0.05, 0.1) is 9.75 Å². The Kier molecular flexibility index (Phi) is 12.8. The quantitative estimate of drug-likeness (QED) is 0.167. The molecule has 0 aliphatic rings. The molecule has 0 amide bonds. The number of nitrogen functional groups attached to an aromatic ring is 2. The van der Waals surface area contributed by atoms with Crippen molar-refractivity contribution < 1.29 is 0 Å². The summed E-state index contributed by atoms with van der Waals surface area (Å²) in [4.78, 5) is 30.2. The highest BCUT2D eigenvalue weighted by Gasteiger charge is 2.05. The van der Waals surface area contributed by atoms with Crippen LogP contribution in [0, 0.1) is 13.8 Å². The SMILES string of the molecule is Cc1ccnc(N)c1.Cc1ccnc(Nc2ncc(-c3ccncc3)s2)c1.Clc1ncc(-c2ccncc2)s1.Nc1nccs1. The molecule has 7 aromatic rings. The summed E-state index contributed by atoms with van der Waals surface area (Å²) in [5.41, 5.74) is 15.1. The van der Waals surface area contributed by atoms with E-state index in [4.69, 9.17) is 23.1 Å². The molecule has 0 atom stereocenters. The second-order valence-corrected chi connectivity index (χ2v) is 12.5. The molecule has 7 aromatic heterocycles. The monoisotopic (exact) mass is 672 g/mol. The maximum atomic E-state index is 5.70. The first kappa shape index (κ1) is 33.1. The lowest BCUT2D eigenvalue weighted by atomic mass is 10.2. The first-order valence-corrected chi connectivity index (χ1v) is 16.2. The van der Waals surface area contributed by atoms with E-state index in [1.165, 1.54) is 28.2 Å². The minimum atomic E-state index is 0.571. The molecule has 0 aliphatic heterocycles. The number of aromatic nitrogens is 7. The van der Waals surface area contributed by atoms with E-state index in [9.17, 15) is 0 Å². The van der Waals surface area contributed by atoms with Crippen molar-refractivity contribution in [2.75, 3.05) is 16.8 Å². The number of nitrogens with two attached hydrogens (primary N) is 2. The van der Waals surface area contributed by atoms with Crippen LogP contribution in [0.2, 0.25) is 4.47 Å². The summed E-state index contributed by atoms with van der Waals surface area (Å²) in [5, 5.41) is 6.53. The number of nitrogens with zero attached hydrogens (tertiary/aromatic N) is 7. The number of pyridine rings is 4. The van der Waals surface area contributed by atoms with E-state index in [2.05, 4.69) is 40.2 Å².